The van der Waals surface area contributed by atoms with Gasteiger partial charge in [0.25, 0.3) is 5.56 Å². The zero-order chi connectivity index (χ0) is 19.5. The maximum Gasteiger partial charge on any atom is 0.258 e. The molecule has 0 aliphatic carbocycles. The Kier molecular flexibility index (Phi) is 5.24. The van der Waals surface area contributed by atoms with Crippen LogP contribution in [-0.2, 0) is 6.54 Å². The van der Waals surface area contributed by atoms with E-state index in [-0.39, 0.29) is 11.6 Å². The molecule has 0 fully saturated rings. The van der Waals surface area contributed by atoms with Crippen LogP contribution in [0.15, 0.2) is 77.6 Å². The van der Waals surface area contributed by atoms with E-state index in [4.69, 9.17) is 11.6 Å². The van der Waals surface area contributed by atoms with E-state index >= 15 is 0 Å². The minimum Gasteiger partial charge on any atom is -0.309 e. The van der Waals surface area contributed by atoms with Crippen LogP contribution < -0.4 is 10.9 Å². The number of H-pyrrole nitrogens is 1. The summed E-state index contributed by atoms with van der Waals surface area (Å²) >= 11 is 6.06. The van der Waals surface area contributed by atoms with Crippen LogP contribution in [0.25, 0.3) is 10.9 Å². The number of fused-ring (bicyclic) bond motifs is 1. The highest BCUT2D eigenvalue weighted by Crippen LogP contribution is 2.23. The van der Waals surface area contributed by atoms with Crippen molar-refractivity contribution < 1.29 is 0 Å². The van der Waals surface area contributed by atoms with Crippen molar-refractivity contribution in [3.8, 4) is 0 Å². The predicted octanol–water partition coefficient (Wildman–Crippen LogP) is 4.76. The molecule has 0 saturated carbocycles. The third-order valence-corrected chi connectivity index (χ3v) is 4.97. The highest BCUT2D eigenvalue weighted by atomic mass is 35.5. The average Bonchev–Trinajstić information content (AvgIpc) is 2.70. The standard InChI is InChI=1S/C23H20ClN3O/c1-15-7-9-17(10-8-15)22(16-5-3-2-4-6-16)25-14-21-26-20-13-18(24)11-12-19(20)23(28)27-21/h2-13,22,25H,14H2,1H3,(H,26,27,28)/t22-/m1/s1. The molecule has 1 aromatic heterocycles. The molecule has 0 saturated heterocycles. The van der Waals surface area contributed by atoms with Crippen molar-refractivity contribution in [2.75, 3.05) is 0 Å². The van der Waals surface area contributed by atoms with Crippen molar-refractivity contribution in [2.24, 2.45) is 0 Å². The number of aromatic amines is 1. The lowest BCUT2D eigenvalue weighted by Crippen LogP contribution is -2.25. The molecule has 0 radical (unpaired) electrons. The van der Waals surface area contributed by atoms with Gasteiger partial charge in [0, 0.05) is 5.02 Å². The molecule has 2 N–H and O–H groups in total. The maximum atomic E-state index is 12.4. The Morgan fingerprint density at radius 1 is 1.00 bits per heavy atom. The number of hydrogen-bond acceptors (Lipinski definition) is 3. The largest absolute Gasteiger partial charge is 0.309 e. The van der Waals surface area contributed by atoms with Gasteiger partial charge in [0.2, 0.25) is 0 Å². The van der Waals surface area contributed by atoms with Gasteiger partial charge in [-0.05, 0) is 36.2 Å². The van der Waals surface area contributed by atoms with Gasteiger partial charge in [0.1, 0.15) is 5.82 Å². The van der Waals surface area contributed by atoms with Crippen LogP contribution in [0.2, 0.25) is 5.02 Å². The van der Waals surface area contributed by atoms with Crippen LogP contribution >= 0.6 is 11.6 Å². The maximum absolute atomic E-state index is 12.4. The fourth-order valence-electron chi connectivity index (χ4n) is 3.28. The molecule has 140 valence electrons. The third-order valence-electron chi connectivity index (χ3n) is 4.73. The molecule has 0 amide bonds. The SMILES string of the molecule is Cc1ccc([C@H](NCc2nc3cc(Cl)ccc3c(=O)[nH]2)c2ccccc2)cc1. The average molecular weight is 390 g/mol. The van der Waals surface area contributed by atoms with Crippen molar-refractivity contribution in [1.29, 1.82) is 0 Å². The van der Waals surface area contributed by atoms with E-state index in [1.54, 1.807) is 18.2 Å². The van der Waals surface area contributed by atoms with Crippen molar-refractivity contribution in [1.82, 2.24) is 15.3 Å². The van der Waals surface area contributed by atoms with Crippen molar-refractivity contribution in [2.45, 2.75) is 19.5 Å². The molecule has 4 rings (SSSR count). The first-order valence-electron chi connectivity index (χ1n) is 9.13. The summed E-state index contributed by atoms with van der Waals surface area (Å²) < 4.78 is 0. The third kappa shape index (κ3) is 3.98. The molecule has 0 unspecified atom stereocenters. The van der Waals surface area contributed by atoms with Crippen LogP contribution in [0.3, 0.4) is 0 Å². The summed E-state index contributed by atoms with van der Waals surface area (Å²) in [7, 11) is 0. The molecular weight excluding hydrogens is 370 g/mol. The zero-order valence-electron chi connectivity index (χ0n) is 15.4. The highest BCUT2D eigenvalue weighted by molar-refractivity contribution is 6.31. The van der Waals surface area contributed by atoms with Gasteiger partial charge in [-0.3, -0.25) is 10.1 Å². The van der Waals surface area contributed by atoms with Gasteiger partial charge in [-0.25, -0.2) is 4.98 Å². The summed E-state index contributed by atoms with van der Waals surface area (Å²) in [6, 6.07) is 23.8. The number of rotatable bonds is 5. The monoisotopic (exact) mass is 389 g/mol. The second kappa shape index (κ2) is 7.97. The zero-order valence-corrected chi connectivity index (χ0v) is 16.2. The number of benzene rings is 3. The number of nitrogens with zero attached hydrogens (tertiary/aromatic N) is 1. The van der Waals surface area contributed by atoms with E-state index in [2.05, 4.69) is 58.6 Å². The summed E-state index contributed by atoms with van der Waals surface area (Å²) in [5.74, 6) is 0.577. The van der Waals surface area contributed by atoms with E-state index in [9.17, 15) is 4.79 Å². The molecule has 28 heavy (non-hydrogen) atoms. The Morgan fingerprint density at radius 2 is 1.71 bits per heavy atom. The molecule has 0 aliphatic rings. The quantitative estimate of drug-likeness (QED) is 0.517. The summed E-state index contributed by atoms with van der Waals surface area (Å²) in [6.07, 6.45) is 0. The summed E-state index contributed by atoms with van der Waals surface area (Å²) in [4.78, 5) is 19.8. The first kappa shape index (κ1) is 18.4. The van der Waals surface area contributed by atoms with Crippen LogP contribution in [0.1, 0.15) is 28.6 Å². The van der Waals surface area contributed by atoms with Crippen LogP contribution in [0.4, 0.5) is 0 Å². The van der Waals surface area contributed by atoms with E-state index in [0.29, 0.717) is 28.3 Å². The normalized spacial score (nSPS) is 12.2. The number of nitrogens with one attached hydrogen (secondary N) is 2. The van der Waals surface area contributed by atoms with Crippen molar-refractivity contribution in [3.63, 3.8) is 0 Å². The van der Waals surface area contributed by atoms with Crippen LogP contribution in [-0.4, -0.2) is 9.97 Å². The summed E-state index contributed by atoms with van der Waals surface area (Å²) in [5.41, 5.74) is 3.96. The number of halogens is 1. The number of hydrogen-bond donors (Lipinski definition) is 2. The van der Waals surface area contributed by atoms with Gasteiger partial charge in [-0.2, -0.15) is 0 Å². The fraction of sp³-hybridized carbons (Fsp3) is 0.130. The second-order valence-corrected chi connectivity index (χ2v) is 7.25. The smallest absolute Gasteiger partial charge is 0.258 e. The summed E-state index contributed by atoms with van der Waals surface area (Å²) in [5, 5.41) is 4.62. The van der Waals surface area contributed by atoms with Gasteiger partial charge in [-0.15, -0.1) is 0 Å². The van der Waals surface area contributed by atoms with Gasteiger partial charge >= 0.3 is 0 Å². The Hall–Kier alpha value is -2.95. The lowest BCUT2D eigenvalue weighted by Gasteiger charge is -2.20. The van der Waals surface area contributed by atoms with Gasteiger partial charge in [0.15, 0.2) is 0 Å². The Bertz CT molecular complexity index is 1150. The first-order valence-corrected chi connectivity index (χ1v) is 9.51. The van der Waals surface area contributed by atoms with Crippen molar-refractivity contribution >= 4 is 22.5 Å². The lowest BCUT2D eigenvalue weighted by molar-refractivity contribution is 0.587. The molecule has 4 aromatic rings. The van der Waals surface area contributed by atoms with Crippen molar-refractivity contribution in [3.05, 3.63) is 111 Å². The molecule has 0 aliphatic heterocycles. The van der Waals surface area contributed by atoms with Gasteiger partial charge in [-0.1, -0.05) is 71.8 Å². The second-order valence-electron chi connectivity index (χ2n) is 6.81. The van der Waals surface area contributed by atoms with Crippen LogP contribution in [0.5, 0.6) is 0 Å². The first-order chi connectivity index (χ1) is 13.6. The van der Waals surface area contributed by atoms with Gasteiger partial charge in [0.05, 0.1) is 23.5 Å². The topological polar surface area (TPSA) is 57.8 Å². The van der Waals surface area contributed by atoms with E-state index in [0.717, 1.165) is 11.1 Å². The predicted molar refractivity (Wildman–Crippen MR) is 114 cm³/mol. The molecular formula is C23H20ClN3O. The Labute approximate surface area is 168 Å². The number of aryl methyl sites for hydroxylation is 1. The Morgan fingerprint density at radius 3 is 2.46 bits per heavy atom. The minimum absolute atomic E-state index is 0.0119. The fourth-order valence-corrected chi connectivity index (χ4v) is 3.44. The Balaban J connectivity index is 1.65. The number of aromatic nitrogens is 2. The van der Waals surface area contributed by atoms with E-state index in [1.165, 1.54) is 5.56 Å². The molecule has 1 heterocycles. The van der Waals surface area contributed by atoms with E-state index < -0.39 is 0 Å². The minimum atomic E-state index is -0.162. The van der Waals surface area contributed by atoms with E-state index in [1.807, 2.05) is 18.2 Å². The highest BCUT2D eigenvalue weighted by Gasteiger charge is 2.14. The summed E-state index contributed by atoms with van der Waals surface area (Å²) in [6.45, 7) is 2.49. The molecule has 3 aromatic carbocycles. The molecule has 0 bridgehead atoms. The molecule has 0 spiro atoms. The lowest BCUT2D eigenvalue weighted by atomic mass is 9.98. The molecule has 4 nitrogen and oxygen atoms in total. The molecule has 1 atom stereocenters. The van der Waals surface area contributed by atoms with Crippen LogP contribution in [0, 0.1) is 6.92 Å². The van der Waals surface area contributed by atoms with Gasteiger partial charge < -0.3 is 4.98 Å². The molecule has 5 heteroatoms.